The molecular weight excluding hydrogens is 367 g/mol. The highest BCUT2D eigenvalue weighted by molar-refractivity contribution is 6.30. The number of hydrogen-bond acceptors (Lipinski definition) is 5. The molecule has 0 unspecified atom stereocenters. The summed E-state index contributed by atoms with van der Waals surface area (Å²) in [5.41, 5.74) is 0.0530. The topological polar surface area (TPSA) is 62.7 Å². The zero-order valence-corrected chi connectivity index (χ0v) is 14.0. The molecule has 5 nitrogen and oxygen atoms in total. The van der Waals surface area contributed by atoms with Crippen molar-refractivity contribution in [3.63, 3.8) is 0 Å². The van der Waals surface area contributed by atoms with E-state index in [0.717, 1.165) is 11.6 Å². The van der Waals surface area contributed by atoms with Crippen LogP contribution in [0.1, 0.15) is 11.1 Å². The maximum atomic E-state index is 13.1. The SMILES string of the molecule is FC(F)(F)c1ccccc1Nc1cnnc(NCc2ccc(Cl)cc2)n1. The van der Waals surface area contributed by atoms with E-state index in [1.165, 1.54) is 24.4 Å². The molecule has 0 aliphatic heterocycles. The summed E-state index contributed by atoms with van der Waals surface area (Å²) in [7, 11) is 0. The third kappa shape index (κ3) is 4.60. The number of rotatable bonds is 5. The van der Waals surface area contributed by atoms with Gasteiger partial charge in [0.25, 0.3) is 0 Å². The van der Waals surface area contributed by atoms with Crippen molar-refractivity contribution in [1.82, 2.24) is 15.2 Å². The quantitative estimate of drug-likeness (QED) is 0.660. The van der Waals surface area contributed by atoms with Crippen LogP contribution in [-0.4, -0.2) is 15.2 Å². The van der Waals surface area contributed by atoms with Gasteiger partial charge in [-0.2, -0.15) is 23.3 Å². The molecule has 0 radical (unpaired) electrons. The van der Waals surface area contributed by atoms with E-state index in [0.29, 0.717) is 11.6 Å². The average molecular weight is 380 g/mol. The van der Waals surface area contributed by atoms with Crippen LogP contribution in [0, 0.1) is 0 Å². The molecule has 0 aliphatic rings. The number of alkyl halides is 3. The lowest BCUT2D eigenvalue weighted by Gasteiger charge is -2.14. The highest BCUT2D eigenvalue weighted by Gasteiger charge is 2.33. The van der Waals surface area contributed by atoms with Crippen molar-refractivity contribution in [2.24, 2.45) is 0 Å². The molecule has 0 fully saturated rings. The number of halogens is 4. The normalized spacial score (nSPS) is 11.2. The lowest BCUT2D eigenvalue weighted by Crippen LogP contribution is -2.10. The van der Waals surface area contributed by atoms with E-state index < -0.39 is 11.7 Å². The predicted molar refractivity (Wildman–Crippen MR) is 93.3 cm³/mol. The first-order valence-corrected chi connectivity index (χ1v) is 7.91. The van der Waals surface area contributed by atoms with Crippen molar-refractivity contribution in [2.45, 2.75) is 12.7 Å². The van der Waals surface area contributed by atoms with Gasteiger partial charge in [0.15, 0.2) is 5.82 Å². The predicted octanol–water partition coefficient (Wildman–Crippen LogP) is 4.90. The van der Waals surface area contributed by atoms with E-state index in [-0.39, 0.29) is 17.5 Å². The highest BCUT2D eigenvalue weighted by atomic mass is 35.5. The van der Waals surface area contributed by atoms with Gasteiger partial charge in [-0.15, -0.1) is 5.10 Å². The summed E-state index contributed by atoms with van der Waals surface area (Å²) in [4.78, 5) is 4.13. The number of benzene rings is 2. The van der Waals surface area contributed by atoms with Crippen LogP contribution in [0.5, 0.6) is 0 Å². The van der Waals surface area contributed by atoms with Gasteiger partial charge in [0.05, 0.1) is 17.4 Å². The molecule has 2 aromatic carbocycles. The average Bonchev–Trinajstić information content (AvgIpc) is 2.61. The molecule has 0 spiro atoms. The molecule has 134 valence electrons. The van der Waals surface area contributed by atoms with Crippen molar-refractivity contribution >= 4 is 29.1 Å². The largest absolute Gasteiger partial charge is 0.418 e. The molecule has 9 heteroatoms. The highest BCUT2D eigenvalue weighted by Crippen LogP contribution is 2.35. The molecule has 0 atom stereocenters. The molecule has 26 heavy (non-hydrogen) atoms. The Morgan fingerprint density at radius 3 is 2.46 bits per heavy atom. The van der Waals surface area contributed by atoms with E-state index >= 15 is 0 Å². The fraction of sp³-hybridized carbons (Fsp3) is 0.118. The fourth-order valence-corrected chi connectivity index (χ4v) is 2.33. The van der Waals surface area contributed by atoms with Crippen LogP contribution < -0.4 is 10.6 Å². The number of aromatic nitrogens is 3. The minimum Gasteiger partial charge on any atom is -0.349 e. The van der Waals surface area contributed by atoms with Crippen molar-refractivity contribution in [3.05, 3.63) is 70.9 Å². The number of hydrogen-bond donors (Lipinski definition) is 2. The number of anilines is 3. The second kappa shape index (κ2) is 7.57. The Balaban J connectivity index is 1.73. The van der Waals surface area contributed by atoms with E-state index in [4.69, 9.17) is 11.6 Å². The molecule has 0 saturated carbocycles. The fourth-order valence-electron chi connectivity index (χ4n) is 2.20. The minimum absolute atomic E-state index is 0.107. The van der Waals surface area contributed by atoms with Crippen LogP contribution >= 0.6 is 11.6 Å². The molecule has 1 heterocycles. The molecule has 3 rings (SSSR count). The third-order valence-electron chi connectivity index (χ3n) is 3.42. The first kappa shape index (κ1) is 17.9. The summed E-state index contributed by atoms with van der Waals surface area (Å²) in [5.74, 6) is 0.338. The van der Waals surface area contributed by atoms with Crippen LogP contribution in [0.15, 0.2) is 54.7 Å². The Morgan fingerprint density at radius 1 is 1.00 bits per heavy atom. The maximum Gasteiger partial charge on any atom is 0.418 e. The summed E-state index contributed by atoms with van der Waals surface area (Å²) >= 11 is 5.83. The smallest absolute Gasteiger partial charge is 0.349 e. The van der Waals surface area contributed by atoms with Gasteiger partial charge in [-0.1, -0.05) is 35.9 Å². The zero-order valence-electron chi connectivity index (χ0n) is 13.3. The van der Waals surface area contributed by atoms with Gasteiger partial charge in [0.2, 0.25) is 5.95 Å². The number of nitrogens with zero attached hydrogens (tertiary/aromatic N) is 3. The summed E-state index contributed by atoms with van der Waals surface area (Å²) in [6, 6.07) is 12.3. The van der Waals surface area contributed by atoms with Crippen LogP contribution in [0.4, 0.5) is 30.6 Å². The van der Waals surface area contributed by atoms with Gasteiger partial charge in [0, 0.05) is 11.6 Å². The van der Waals surface area contributed by atoms with E-state index in [1.54, 1.807) is 12.1 Å². The Bertz CT molecular complexity index is 884. The minimum atomic E-state index is -4.47. The summed E-state index contributed by atoms with van der Waals surface area (Å²) in [6.45, 7) is 0.418. The molecule has 0 amide bonds. The lowest BCUT2D eigenvalue weighted by molar-refractivity contribution is -0.136. The second-order valence-electron chi connectivity index (χ2n) is 5.31. The van der Waals surface area contributed by atoms with Gasteiger partial charge in [-0.05, 0) is 29.8 Å². The summed E-state index contributed by atoms with van der Waals surface area (Å²) in [6.07, 6.45) is -3.22. The van der Waals surface area contributed by atoms with Crippen LogP contribution in [0.25, 0.3) is 0 Å². The molecule has 0 saturated heterocycles. The van der Waals surface area contributed by atoms with Crippen molar-refractivity contribution in [1.29, 1.82) is 0 Å². The zero-order chi connectivity index (χ0) is 18.6. The second-order valence-corrected chi connectivity index (χ2v) is 5.75. The lowest BCUT2D eigenvalue weighted by atomic mass is 10.1. The van der Waals surface area contributed by atoms with E-state index in [9.17, 15) is 13.2 Å². The van der Waals surface area contributed by atoms with Crippen molar-refractivity contribution in [2.75, 3.05) is 10.6 Å². The van der Waals surface area contributed by atoms with E-state index in [2.05, 4.69) is 25.8 Å². The van der Waals surface area contributed by atoms with Crippen LogP contribution in [0.3, 0.4) is 0 Å². The number of nitrogens with one attached hydrogen (secondary N) is 2. The van der Waals surface area contributed by atoms with Crippen molar-refractivity contribution in [3.8, 4) is 0 Å². The van der Waals surface area contributed by atoms with Gasteiger partial charge < -0.3 is 10.6 Å². The molecule has 3 aromatic rings. The van der Waals surface area contributed by atoms with Gasteiger partial charge >= 0.3 is 6.18 Å². The molecule has 2 N–H and O–H groups in total. The van der Waals surface area contributed by atoms with Crippen molar-refractivity contribution < 1.29 is 13.2 Å². The monoisotopic (exact) mass is 379 g/mol. The van der Waals surface area contributed by atoms with Gasteiger partial charge in [0.1, 0.15) is 0 Å². The standard InChI is InChI=1S/C17H13ClF3N5/c18-12-7-5-11(6-8-12)9-22-16-25-15(10-23-26-16)24-14-4-2-1-3-13(14)17(19,20)21/h1-8,10H,9H2,(H2,22,24,25,26). The summed E-state index contributed by atoms with van der Waals surface area (Å²) in [5, 5.41) is 13.8. The van der Waals surface area contributed by atoms with Crippen LogP contribution in [-0.2, 0) is 12.7 Å². The molecule has 0 bridgehead atoms. The first-order chi connectivity index (χ1) is 12.4. The maximum absolute atomic E-state index is 13.1. The number of para-hydroxylation sites is 1. The van der Waals surface area contributed by atoms with E-state index in [1.807, 2.05) is 12.1 Å². The summed E-state index contributed by atoms with van der Waals surface area (Å²) < 4.78 is 39.2. The Hall–Kier alpha value is -2.87. The third-order valence-corrected chi connectivity index (χ3v) is 3.67. The Morgan fingerprint density at radius 2 is 1.73 bits per heavy atom. The van der Waals surface area contributed by atoms with Crippen LogP contribution in [0.2, 0.25) is 5.02 Å². The Labute approximate surface area is 152 Å². The molecule has 0 aliphatic carbocycles. The molecule has 1 aromatic heterocycles. The van der Waals surface area contributed by atoms with Gasteiger partial charge in [-0.25, -0.2) is 0 Å². The van der Waals surface area contributed by atoms with Gasteiger partial charge in [-0.3, -0.25) is 0 Å². The first-order valence-electron chi connectivity index (χ1n) is 7.53. The molecular formula is C17H13ClF3N5. The Kier molecular flexibility index (Phi) is 5.22.